The quantitative estimate of drug-likeness (QED) is 0.764. The van der Waals surface area contributed by atoms with Crippen LogP contribution in [0.4, 0.5) is 0 Å². The molecule has 0 spiro atoms. The van der Waals surface area contributed by atoms with Crippen molar-refractivity contribution in [3.63, 3.8) is 0 Å². The van der Waals surface area contributed by atoms with Gasteiger partial charge in [-0.15, -0.1) is 23.1 Å². The molecule has 0 saturated heterocycles. The second-order valence-electron chi connectivity index (χ2n) is 4.19. The van der Waals surface area contributed by atoms with E-state index in [2.05, 4.69) is 4.98 Å². The fourth-order valence-electron chi connectivity index (χ4n) is 1.78. The number of hydrogen-bond donors (Lipinski definition) is 1. The van der Waals surface area contributed by atoms with Crippen LogP contribution in [0.1, 0.15) is 10.8 Å². The molecular weight excluding hydrogens is 306 g/mol. The Morgan fingerprint density at radius 1 is 1.33 bits per heavy atom. The number of para-hydroxylation sites is 1. The highest BCUT2D eigenvalue weighted by molar-refractivity contribution is 8.09. The topological polar surface area (TPSA) is 63.3 Å². The Morgan fingerprint density at radius 3 is 2.90 bits per heavy atom. The number of rotatable bonds is 5. The number of hydrogen-bond acceptors (Lipinski definition) is 5. The first-order valence-electron chi connectivity index (χ1n) is 6.18. The second kappa shape index (κ2) is 6.15. The van der Waals surface area contributed by atoms with Crippen molar-refractivity contribution >= 4 is 50.3 Å². The summed E-state index contributed by atoms with van der Waals surface area (Å²) in [6.07, 6.45) is 3.41. The molecule has 0 atom stereocenters. The summed E-state index contributed by atoms with van der Waals surface area (Å²) in [5, 5.41) is 9.69. The smallest absolute Gasteiger partial charge is 0.313 e. The summed E-state index contributed by atoms with van der Waals surface area (Å²) in [5.41, 5.74) is 0.916. The second-order valence-corrected chi connectivity index (χ2v) is 6.24. The van der Waals surface area contributed by atoms with Crippen molar-refractivity contribution in [2.75, 3.05) is 5.75 Å². The molecule has 0 radical (unpaired) electrons. The Bertz CT molecular complexity index is 757. The van der Waals surface area contributed by atoms with Gasteiger partial charge in [0.1, 0.15) is 10.8 Å². The standard InChI is InChI=1S/C15H11NO3S2/c17-14(18)9-20-13(8-10-4-3-7-19-10)15-16-11-5-1-2-6-12(11)21-15/h1-8H,9H2,(H,17,18). The number of aromatic nitrogens is 1. The van der Waals surface area contributed by atoms with Gasteiger partial charge >= 0.3 is 5.97 Å². The van der Waals surface area contributed by atoms with Crippen LogP contribution in [0, 0.1) is 0 Å². The molecule has 0 unspecified atom stereocenters. The lowest BCUT2D eigenvalue weighted by Gasteiger charge is -2.00. The van der Waals surface area contributed by atoms with E-state index in [1.54, 1.807) is 23.7 Å². The van der Waals surface area contributed by atoms with Crippen LogP contribution < -0.4 is 0 Å². The molecule has 0 aliphatic heterocycles. The maximum absolute atomic E-state index is 10.8. The zero-order chi connectivity index (χ0) is 14.7. The zero-order valence-corrected chi connectivity index (χ0v) is 12.5. The summed E-state index contributed by atoms with van der Waals surface area (Å²) in [4.78, 5) is 16.2. The number of furan rings is 1. The molecule has 2 heterocycles. The van der Waals surface area contributed by atoms with Crippen molar-refractivity contribution in [1.29, 1.82) is 0 Å². The van der Waals surface area contributed by atoms with Gasteiger partial charge in [-0.3, -0.25) is 4.79 Å². The van der Waals surface area contributed by atoms with E-state index in [0.29, 0.717) is 5.76 Å². The molecule has 106 valence electrons. The van der Waals surface area contributed by atoms with Crippen LogP contribution in [-0.4, -0.2) is 21.8 Å². The van der Waals surface area contributed by atoms with Gasteiger partial charge in [0.2, 0.25) is 0 Å². The highest BCUT2D eigenvalue weighted by atomic mass is 32.2. The van der Waals surface area contributed by atoms with Gasteiger partial charge in [-0.05, 0) is 30.3 Å². The molecule has 0 fully saturated rings. The van der Waals surface area contributed by atoms with Crippen LogP contribution >= 0.6 is 23.1 Å². The van der Waals surface area contributed by atoms with Crippen molar-refractivity contribution in [1.82, 2.24) is 4.98 Å². The van der Waals surface area contributed by atoms with Crippen LogP contribution in [0.2, 0.25) is 0 Å². The van der Waals surface area contributed by atoms with Crippen LogP contribution in [0.15, 0.2) is 47.1 Å². The van der Waals surface area contributed by atoms with E-state index in [-0.39, 0.29) is 5.75 Å². The lowest BCUT2D eigenvalue weighted by Crippen LogP contribution is -1.97. The van der Waals surface area contributed by atoms with Gasteiger partial charge < -0.3 is 9.52 Å². The molecule has 21 heavy (non-hydrogen) atoms. The Labute approximate surface area is 129 Å². The van der Waals surface area contributed by atoms with Crippen LogP contribution in [0.5, 0.6) is 0 Å². The maximum atomic E-state index is 10.8. The van der Waals surface area contributed by atoms with E-state index in [9.17, 15) is 4.79 Å². The average Bonchev–Trinajstić information content (AvgIpc) is 3.11. The van der Waals surface area contributed by atoms with E-state index < -0.39 is 5.97 Å². The SMILES string of the molecule is O=C(O)CSC(=Cc1ccco1)c1nc2ccccc2s1. The normalized spacial score (nSPS) is 11.9. The molecule has 2 aromatic heterocycles. The molecule has 3 rings (SSSR count). The Balaban J connectivity index is 1.99. The van der Waals surface area contributed by atoms with Gasteiger partial charge in [0.15, 0.2) is 0 Å². The number of aliphatic carboxylic acids is 1. The minimum Gasteiger partial charge on any atom is -0.481 e. The van der Waals surface area contributed by atoms with E-state index in [4.69, 9.17) is 9.52 Å². The minimum absolute atomic E-state index is 0.0114. The lowest BCUT2D eigenvalue weighted by atomic mass is 10.3. The third kappa shape index (κ3) is 3.34. The monoisotopic (exact) mass is 317 g/mol. The average molecular weight is 317 g/mol. The Kier molecular flexibility index (Phi) is 4.08. The first kappa shape index (κ1) is 13.9. The number of carbonyl (C=O) groups is 1. The summed E-state index contributed by atoms with van der Waals surface area (Å²) in [6, 6.07) is 11.5. The van der Waals surface area contributed by atoms with Crippen LogP contribution in [0.25, 0.3) is 21.2 Å². The van der Waals surface area contributed by atoms with Gasteiger partial charge in [-0.25, -0.2) is 4.98 Å². The van der Waals surface area contributed by atoms with Crippen molar-refractivity contribution in [3.8, 4) is 0 Å². The van der Waals surface area contributed by atoms with Crippen molar-refractivity contribution in [2.45, 2.75) is 0 Å². The predicted molar refractivity (Wildman–Crippen MR) is 86.3 cm³/mol. The van der Waals surface area contributed by atoms with Gasteiger partial charge in [-0.2, -0.15) is 0 Å². The Morgan fingerprint density at radius 2 is 2.19 bits per heavy atom. The predicted octanol–water partition coefficient (Wildman–Crippen LogP) is 4.21. The molecule has 6 heteroatoms. The van der Waals surface area contributed by atoms with Crippen molar-refractivity contribution < 1.29 is 14.3 Å². The summed E-state index contributed by atoms with van der Waals surface area (Å²) in [6.45, 7) is 0. The third-order valence-electron chi connectivity index (χ3n) is 2.67. The van der Waals surface area contributed by atoms with E-state index in [1.807, 2.05) is 36.4 Å². The van der Waals surface area contributed by atoms with Gasteiger partial charge in [0.05, 0.1) is 22.2 Å². The van der Waals surface area contributed by atoms with Gasteiger partial charge in [0, 0.05) is 4.91 Å². The summed E-state index contributed by atoms with van der Waals surface area (Å²) in [7, 11) is 0. The largest absolute Gasteiger partial charge is 0.481 e. The summed E-state index contributed by atoms with van der Waals surface area (Å²) < 4.78 is 6.38. The van der Waals surface area contributed by atoms with E-state index >= 15 is 0 Å². The molecule has 0 aliphatic rings. The van der Waals surface area contributed by atoms with E-state index in [1.165, 1.54) is 11.8 Å². The number of carboxylic acids is 1. The number of thioether (sulfide) groups is 1. The van der Waals surface area contributed by atoms with Crippen LogP contribution in [-0.2, 0) is 4.79 Å². The minimum atomic E-state index is -0.855. The molecular formula is C15H11NO3S2. The first-order chi connectivity index (χ1) is 10.2. The highest BCUT2D eigenvalue weighted by Gasteiger charge is 2.12. The first-order valence-corrected chi connectivity index (χ1v) is 7.98. The lowest BCUT2D eigenvalue weighted by molar-refractivity contribution is -0.133. The molecule has 0 aliphatic carbocycles. The zero-order valence-electron chi connectivity index (χ0n) is 10.9. The van der Waals surface area contributed by atoms with Gasteiger partial charge in [-0.1, -0.05) is 12.1 Å². The fourth-order valence-corrected chi connectivity index (χ4v) is 3.61. The molecule has 4 nitrogen and oxygen atoms in total. The molecule has 0 saturated carbocycles. The molecule has 1 aromatic carbocycles. The van der Waals surface area contributed by atoms with Crippen molar-refractivity contribution in [3.05, 3.63) is 53.4 Å². The number of fused-ring (bicyclic) bond motifs is 1. The third-order valence-corrected chi connectivity index (χ3v) is 4.88. The Hall–Kier alpha value is -2.05. The summed E-state index contributed by atoms with van der Waals surface area (Å²) in [5.74, 6) is -0.184. The van der Waals surface area contributed by atoms with Crippen molar-refractivity contribution in [2.24, 2.45) is 0 Å². The van der Waals surface area contributed by atoms with Crippen LogP contribution in [0.3, 0.4) is 0 Å². The summed E-state index contributed by atoms with van der Waals surface area (Å²) >= 11 is 2.79. The van der Waals surface area contributed by atoms with E-state index in [0.717, 1.165) is 20.1 Å². The number of thiazole rings is 1. The fraction of sp³-hybridized carbons (Fsp3) is 0.0667. The number of carboxylic acid groups (broad SMARTS) is 1. The molecule has 3 aromatic rings. The molecule has 0 bridgehead atoms. The number of nitrogens with zero attached hydrogens (tertiary/aromatic N) is 1. The maximum Gasteiger partial charge on any atom is 0.313 e. The molecule has 1 N–H and O–H groups in total. The number of benzene rings is 1. The molecule has 0 amide bonds. The highest BCUT2D eigenvalue weighted by Crippen LogP contribution is 2.35. The van der Waals surface area contributed by atoms with Gasteiger partial charge in [0.25, 0.3) is 0 Å².